The molecule has 0 saturated carbocycles. The second kappa shape index (κ2) is 11.9. The standard InChI is InChI=1S/C14H23N3O2.C3H8/c1-11(15-9-10-16-14(18)19-4)12-5-7-13(8-6-12)17(2)3;1-3-2/h5-8,11,15H,9-10H2,1-4H3,(H,16,18);3H2,1-2H3. The quantitative estimate of drug-likeness (QED) is 0.793. The summed E-state index contributed by atoms with van der Waals surface area (Å²) in [5, 5.41) is 5.98. The fourth-order valence-electron chi connectivity index (χ4n) is 1.70. The van der Waals surface area contributed by atoms with Gasteiger partial charge in [-0.1, -0.05) is 32.4 Å². The summed E-state index contributed by atoms with van der Waals surface area (Å²) >= 11 is 0. The maximum atomic E-state index is 10.9. The minimum atomic E-state index is -0.398. The third-order valence-electron chi connectivity index (χ3n) is 2.94. The van der Waals surface area contributed by atoms with Crippen LogP contribution in [0, 0.1) is 0 Å². The molecule has 0 radical (unpaired) electrons. The molecule has 126 valence electrons. The zero-order chi connectivity index (χ0) is 17.0. The summed E-state index contributed by atoms with van der Waals surface area (Å²) in [7, 11) is 5.40. The van der Waals surface area contributed by atoms with Crippen LogP contribution < -0.4 is 15.5 Å². The molecule has 1 atom stereocenters. The van der Waals surface area contributed by atoms with Crippen molar-refractivity contribution >= 4 is 11.8 Å². The molecule has 1 unspecified atom stereocenters. The Kier molecular flexibility index (Phi) is 10.9. The Balaban J connectivity index is 0.00000135. The largest absolute Gasteiger partial charge is 0.453 e. The van der Waals surface area contributed by atoms with Crippen LogP contribution in [-0.2, 0) is 4.74 Å². The molecule has 0 aliphatic carbocycles. The second-order valence-corrected chi connectivity index (χ2v) is 5.29. The van der Waals surface area contributed by atoms with Gasteiger partial charge in [-0.25, -0.2) is 4.79 Å². The highest BCUT2D eigenvalue weighted by molar-refractivity contribution is 5.66. The first-order valence-corrected chi connectivity index (χ1v) is 7.78. The molecule has 1 aromatic rings. The van der Waals surface area contributed by atoms with Crippen LogP contribution in [0.4, 0.5) is 10.5 Å². The first kappa shape index (κ1) is 20.2. The molecule has 0 aliphatic heterocycles. The first-order valence-electron chi connectivity index (χ1n) is 7.78. The van der Waals surface area contributed by atoms with Crippen molar-refractivity contribution in [2.45, 2.75) is 33.2 Å². The van der Waals surface area contributed by atoms with Crippen molar-refractivity contribution in [3.8, 4) is 0 Å². The van der Waals surface area contributed by atoms with Gasteiger partial charge in [0.25, 0.3) is 0 Å². The Hall–Kier alpha value is -1.75. The minimum absolute atomic E-state index is 0.246. The number of carbonyl (C=O) groups excluding carboxylic acids is 1. The number of carbonyl (C=O) groups is 1. The highest BCUT2D eigenvalue weighted by Crippen LogP contribution is 2.17. The monoisotopic (exact) mass is 309 g/mol. The van der Waals surface area contributed by atoms with Gasteiger partial charge in [-0.2, -0.15) is 0 Å². The number of nitrogens with one attached hydrogen (secondary N) is 2. The summed E-state index contributed by atoms with van der Waals surface area (Å²) in [5.74, 6) is 0. The molecule has 0 aromatic heterocycles. The van der Waals surface area contributed by atoms with Gasteiger partial charge in [0, 0.05) is 38.9 Å². The van der Waals surface area contributed by atoms with E-state index in [1.807, 2.05) is 14.1 Å². The van der Waals surface area contributed by atoms with Crippen LogP contribution in [0.15, 0.2) is 24.3 Å². The zero-order valence-electron chi connectivity index (χ0n) is 14.8. The van der Waals surface area contributed by atoms with E-state index in [4.69, 9.17) is 0 Å². The lowest BCUT2D eigenvalue weighted by Crippen LogP contribution is -2.32. The van der Waals surface area contributed by atoms with E-state index >= 15 is 0 Å². The maximum absolute atomic E-state index is 10.9. The Morgan fingerprint density at radius 3 is 2.18 bits per heavy atom. The van der Waals surface area contributed by atoms with Gasteiger partial charge in [0.1, 0.15) is 0 Å². The van der Waals surface area contributed by atoms with Gasteiger partial charge in [0.05, 0.1) is 7.11 Å². The van der Waals surface area contributed by atoms with Crippen molar-refractivity contribution in [2.24, 2.45) is 0 Å². The van der Waals surface area contributed by atoms with Crippen LogP contribution in [-0.4, -0.2) is 40.4 Å². The maximum Gasteiger partial charge on any atom is 0.406 e. The molecule has 1 amide bonds. The normalized spacial score (nSPS) is 11.0. The lowest BCUT2D eigenvalue weighted by atomic mass is 10.1. The fourth-order valence-corrected chi connectivity index (χ4v) is 1.70. The van der Waals surface area contributed by atoms with Crippen molar-refractivity contribution in [3.05, 3.63) is 29.8 Å². The van der Waals surface area contributed by atoms with Crippen molar-refractivity contribution in [2.75, 3.05) is 39.2 Å². The van der Waals surface area contributed by atoms with E-state index in [1.165, 1.54) is 24.8 Å². The number of hydrogen-bond donors (Lipinski definition) is 2. The highest BCUT2D eigenvalue weighted by Gasteiger charge is 2.05. The molecule has 0 aliphatic rings. The van der Waals surface area contributed by atoms with Crippen LogP contribution in [0.25, 0.3) is 0 Å². The number of ether oxygens (including phenoxy) is 1. The van der Waals surface area contributed by atoms with Gasteiger partial charge in [-0.05, 0) is 24.6 Å². The topological polar surface area (TPSA) is 53.6 Å². The van der Waals surface area contributed by atoms with Crippen LogP contribution in [0.2, 0.25) is 0 Å². The SMILES string of the molecule is CCC.COC(=O)NCCNC(C)c1ccc(N(C)C)cc1. The van der Waals surface area contributed by atoms with E-state index < -0.39 is 6.09 Å². The molecule has 0 saturated heterocycles. The number of benzene rings is 1. The zero-order valence-corrected chi connectivity index (χ0v) is 14.8. The van der Waals surface area contributed by atoms with Crippen LogP contribution in [0.5, 0.6) is 0 Å². The molecule has 5 nitrogen and oxygen atoms in total. The molecule has 1 rings (SSSR count). The Morgan fingerprint density at radius 2 is 1.73 bits per heavy atom. The smallest absolute Gasteiger partial charge is 0.406 e. The number of alkyl carbamates (subject to hydrolysis) is 1. The van der Waals surface area contributed by atoms with Gasteiger partial charge in [0.2, 0.25) is 0 Å². The minimum Gasteiger partial charge on any atom is -0.453 e. The van der Waals surface area contributed by atoms with Crippen LogP contribution in [0.1, 0.15) is 38.8 Å². The van der Waals surface area contributed by atoms with Gasteiger partial charge < -0.3 is 20.3 Å². The van der Waals surface area contributed by atoms with E-state index in [1.54, 1.807) is 0 Å². The second-order valence-electron chi connectivity index (χ2n) is 5.29. The first-order chi connectivity index (χ1) is 10.5. The molecule has 5 heteroatoms. The summed E-state index contributed by atoms with van der Waals surface area (Å²) < 4.78 is 4.49. The average Bonchev–Trinajstić information content (AvgIpc) is 2.51. The van der Waals surface area contributed by atoms with Gasteiger partial charge >= 0.3 is 6.09 Å². The van der Waals surface area contributed by atoms with Gasteiger partial charge in [-0.15, -0.1) is 0 Å². The molecule has 2 N–H and O–H groups in total. The number of nitrogens with zero attached hydrogens (tertiary/aromatic N) is 1. The average molecular weight is 309 g/mol. The molecule has 0 heterocycles. The molecule has 22 heavy (non-hydrogen) atoms. The van der Waals surface area contributed by atoms with Crippen LogP contribution in [0.3, 0.4) is 0 Å². The number of methoxy groups -OCH3 is 1. The fraction of sp³-hybridized carbons (Fsp3) is 0.588. The van der Waals surface area contributed by atoms with Crippen LogP contribution >= 0.6 is 0 Å². The lowest BCUT2D eigenvalue weighted by molar-refractivity contribution is 0.171. The molecular formula is C17H31N3O2. The van der Waals surface area contributed by atoms with Gasteiger partial charge in [0.15, 0.2) is 0 Å². The predicted octanol–water partition coefficient (Wildman–Crippen LogP) is 3.18. The number of rotatable bonds is 6. The summed E-state index contributed by atoms with van der Waals surface area (Å²) in [4.78, 5) is 12.9. The summed E-state index contributed by atoms with van der Waals surface area (Å²) in [6.07, 6.45) is 0.852. The summed E-state index contributed by atoms with van der Waals surface area (Å²) in [6.45, 7) is 7.60. The third kappa shape index (κ3) is 8.52. The van der Waals surface area contributed by atoms with Crippen molar-refractivity contribution in [3.63, 3.8) is 0 Å². The van der Waals surface area contributed by atoms with E-state index in [0.717, 1.165) is 0 Å². The van der Waals surface area contributed by atoms with Crippen molar-refractivity contribution in [1.82, 2.24) is 10.6 Å². The Labute approximate surface area is 135 Å². The predicted molar refractivity (Wildman–Crippen MR) is 93.6 cm³/mol. The summed E-state index contributed by atoms with van der Waals surface area (Å²) in [6, 6.07) is 8.66. The van der Waals surface area contributed by atoms with E-state index in [9.17, 15) is 4.79 Å². The number of amides is 1. The van der Waals surface area contributed by atoms with E-state index in [2.05, 4.69) is 65.3 Å². The Bertz CT molecular complexity index is 405. The number of anilines is 1. The van der Waals surface area contributed by atoms with E-state index in [0.29, 0.717) is 13.1 Å². The lowest BCUT2D eigenvalue weighted by Gasteiger charge is -2.17. The summed E-state index contributed by atoms with van der Waals surface area (Å²) in [5.41, 5.74) is 2.41. The van der Waals surface area contributed by atoms with Crippen molar-refractivity contribution in [1.29, 1.82) is 0 Å². The highest BCUT2D eigenvalue weighted by atomic mass is 16.5. The number of hydrogen-bond acceptors (Lipinski definition) is 4. The molecule has 0 fully saturated rings. The van der Waals surface area contributed by atoms with E-state index in [-0.39, 0.29) is 6.04 Å². The molecule has 1 aromatic carbocycles. The van der Waals surface area contributed by atoms with Gasteiger partial charge in [-0.3, -0.25) is 0 Å². The Morgan fingerprint density at radius 1 is 1.18 bits per heavy atom. The molecule has 0 spiro atoms. The third-order valence-corrected chi connectivity index (χ3v) is 2.94. The molecular weight excluding hydrogens is 278 g/mol. The molecule has 0 bridgehead atoms. The van der Waals surface area contributed by atoms with Crippen molar-refractivity contribution < 1.29 is 9.53 Å².